The topological polar surface area (TPSA) is 76.2 Å². The Hall–Kier alpha value is -0.700. The number of likely N-dealkylation sites (tertiary alicyclic amines) is 1. The third-order valence-electron chi connectivity index (χ3n) is 5.93. The normalized spacial score (nSPS) is 35.6. The summed E-state index contributed by atoms with van der Waals surface area (Å²) in [5, 5.41) is -0.350. The molecular weight excluding hydrogens is 332 g/mol. The molecular formula is C16H26N2O5S. The maximum absolute atomic E-state index is 12.9. The minimum atomic E-state index is -3.33. The van der Waals surface area contributed by atoms with Crippen LogP contribution >= 0.6 is 0 Å². The minimum Gasteiger partial charge on any atom is -0.381 e. The van der Waals surface area contributed by atoms with Crippen molar-refractivity contribution < 1.29 is 22.7 Å². The molecule has 0 unspecified atom stereocenters. The fourth-order valence-electron chi connectivity index (χ4n) is 4.14. The smallest absolute Gasteiger partial charge is 0.252 e. The fourth-order valence-corrected chi connectivity index (χ4v) is 6.09. The molecule has 3 aliphatic heterocycles. The van der Waals surface area contributed by atoms with Crippen LogP contribution in [-0.4, -0.2) is 80.9 Å². The zero-order valence-corrected chi connectivity index (χ0v) is 14.9. The molecule has 4 rings (SSSR count). The summed E-state index contributed by atoms with van der Waals surface area (Å²) in [6.45, 7) is 2.44. The van der Waals surface area contributed by atoms with Gasteiger partial charge in [-0.3, -0.25) is 4.79 Å². The molecule has 0 radical (unpaired) electrons. The van der Waals surface area contributed by atoms with Crippen LogP contribution in [0.4, 0.5) is 0 Å². The molecule has 3 heterocycles. The highest BCUT2D eigenvalue weighted by Crippen LogP contribution is 2.38. The van der Waals surface area contributed by atoms with Crippen molar-refractivity contribution in [3.63, 3.8) is 0 Å². The monoisotopic (exact) mass is 358 g/mol. The van der Waals surface area contributed by atoms with Crippen molar-refractivity contribution in [3.8, 4) is 0 Å². The number of hydrogen-bond donors (Lipinski definition) is 0. The van der Waals surface area contributed by atoms with Crippen LogP contribution in [0, 0.1) is 11.8 Å². The summed E-state index contributed by atoms with van der Waals surface area (Å²) in [7, 11) is -1.56. The van der Waals surface area contributed by atoms with Gasteiger partial charge >= 0.3 is 0 Å². The molecule has 8 heteroatoms. The van der Waals surface area contributed by atoms with Gasteiger partial charge in [-0.15, -0.1) is 0 Å². The van der Waals surface area contributed by atoms with Crippen molar-refractivity contribution in [3.05, 3.63) is 0 Å². The highest BCUT2D eigenvalue weighted by Gasteiger charge is 2.54. The predicted molar refractivity (Wildman–Crippen MR) is 86.8 cm³/mol. The van der Waals surface area contributed by atoms with Crippen LogP contribution in [0.25, 0.3) is 0 Å². The van der Waals surface area contributed by atoms with Gasteiger partial charge in [0.1, 0.15) is 6.10 Å². The van der Waals surface area contributed by atoms with Crippen LogP contribution < -0.4 is 0 Å². The summed E-state index contributed by atoms with van der Waals surface area (Å²) in [6.07, 6.45) is 3.00. The van der Waals surface area contributed by atoms with Crippen molar-refractivity contribution in [2.75, 3.05) is 40.0 Å². The van der Waals surface area contributed by atoms with Crippen LogP contribution in [0.15, 0.2) is 0 Å². The number of sulfonamides is 1. The zero-order valence-electron chi connectivity index (χ0n) is 14.1. The SMILES string of the molecule is CN1C(=O)[C@@H](OCC2CC2)[C@H]2CN(S(=O)(=O)C3CCOCC3)C[C@H]21. The lowest BCUT2D eigenvalue weighted by Crippen LogP contribution is -2.44. The summed E-state index contributed by atoms with van der Waals surface area (Å²) in [4.78, 5) is 14.1. The van der Waals surface area contributed by atoms with Gasteiger partial charge in [-0.1, -0.05) is 0 Å². The van der Waals surface area contributed by atoms with Gasteiger partial charge in [-0.25, -0.2) is 8.42 Å². The van der Waals surface area contributed by atoms with Crippen LogP contribution in [0.5, 0.6) is 0 Å². The van der Waals surface area contributed by atoms with Gasteiger partial charge in [0, 0.05) is 39.3 Å². The molecule has 0 aromatic rings. The van der Waals surface area contributed by atoms with Gasteiger partial charge in [0.15, 0.2) is 0 Å². The van der Waals surface area contributed by atoms with E-state index in [1.165, 1.54) is 12.8 Å². The number of nitrogens with zero attached hydrogens (tertiary/aromatic N) is 2. The third-order valence-corrected chi connectivity index (χ3v) is 8.27. The minimum absolute atomic E-state index is 0.00812. The van der Waals surface area contributed by atoms with Gasteiger partial charge < -0.3 is 14.4 Å². The Labute approximate surface area is 143 Å². The molecule has 0 spiro atoms. The quantitative estimate of drug-likeness (QED) is 0.695. The van der Waals surface area contributed by atoms with E-state index in [1.807, 2.05) is 0 Å². The Balaban J connectivity index is 1.46. The second-order valence-electron chi connectivity index (χ2n) is 7.55. The van der Waals surface area contributed by atoms with E-state index in [9.17, 15) is 13.2 Å². The second kappa shape index (κ2) is 6.23. The lowest BCUT2D eigenvalue weighted by molar-refractivity contribution is -0.138. The molecule has 1 saturated carbocycles. The Kier molecular flexibility index (Phi) is 4.35. The first-order chi connectivity index (χ1) is 11.5. The summed E-state index contributed by atoms with van der Waals surface area (Å²) in [5.74, 6) is 0.551. The van der Waals surface area contributed by atoms with Crippen molar-refractivity contribution in [1.82, 2.24) is 9.21 Å². The van der Waals surface area contributed by atoms with E-state index in [0.717, 1.165) is 0 Å². The molecule has 136 valence electrons. The van der Waals surface area contributed by atoms with Crippen molar-refractivity contribution in [2.24, 2.45) is 11.8 Å². The number of carbonyl (C=O) groups is 1. The third kappa shape index (κ3) is 2.87. The number of rotatable bonds is 5. The van der Waals surface area contributed by atoms with Crippen molar-refractivity contribution in [2.45, 2.75) is 43.1 Å². The first-order valence-corrected chi connectivity index (χ1v) is 10.4. The number of fused-ring (bicyclic) bond motifs is 1. The number of ether oxygens (including phenoxy) is 2. The first kappa shape index (κ1) is 16.8. The molecule has 4 aliphatic rings. The lowest BCUT2D eigenvalue weighted by Gasteiger charge is -2.28. The number of amides is 1. The predicted octanol–water partition coefficient (Wildman–Crippen LogP) is 0.0628. The van der Waals surface area contributed by atoms with E-state index in [0.29, 0.717) is 51.7 Å². The molecule has 0 aromatic heterocycles. The molecule has 1 amide bonds. The second-order valence-corrected chi connectivity index (χ2v) is 9.76. The molecule has 0 bridgehead atoms. The summed E-state index contributed by atoms with van der Waals surface area (Å²) in [6, 6.07) is -0.0590. The van der Waals surface area contributed by atoms with E-state index in [4.69, 9.17) is 9.47 Å². The molecule has 4 fully saturated rings. The fraction of sp³-hybridized carbons (Fsp3) is 0.938. The van der Waals surface area contributed by atoms with Crippen LogP contribution in [0.2, 0.25) is 0 Å². The molecule has 7 nitrogen and oxygen atoms in total. The van der Waals surface area contributed by atoms with Gasteiger partial charge in [0.05, 0.1) is 17.9 Å². The van der Waals surface area contributed by atoms with E-state index in [2.05, 4.69) is 0 Å². The Morgan fingerprint density at radius 1 is 1.17 bits per heavy atom. The maximum atomic E-state index is 12.9. The molecule has 3 atom stereocenters. The first-order valence-electron chi connectivity index (χ1n) is 8.93. The van der Waals surface area contributed by atoms with Gasteiger partial charge in [-0.2, -0.15) is 4.31 Å². The molecule has 1 aliphatic carbocycles. The van der Waals surface area contributed by atoms with Gasteiger partial charge in [0.25, 0.3) is 5.91 Å². The van der Waals surface area contributed by atoms with Gasteiger partial charge in [0.2, 0.25) is 10.0 Å². The number of likely N-dealkylation sites (N-methyl/N-ethyl adjacent to an activating group) is 1. The average Bonchev–Trinajstić information content (AvgIpc) is 3.26. The Morgan fingerprint density at radius 3 is 2.54 bits per heavy atom. The maximum Gasteiger partial charge on any atom is 0.252 e. The van der Waals surface area contributed by atoms with E-state index >= 15 is 0 Å². The van der Waals surface area contributed by atoms with Crippen molar-refractivity contribution in [1.29, 1.82) is 0 Å². The van der Waals surface area contributed by atoms with Gasteiger partial charge in [-0.05, 0) is 31.6 Å². The Morgan fingerprint density at radius 2 is 1.88 bits per heavy atom. The molecule has 3 saturated heterocycles. The van der Waals surface area contributed by atoms with E-state index in [1.54, 1.807) is 16.3 Å². The standard InChI is InChI=1S/C16H26N2O5S/c1-17-14-9-18(24(20,21)12-4-6-22-7-5-12)8-13(14)15(16(17)19)23-10-11-2-3-11/h11-15H,2-10H2,1H3/t13-,14+,15-/m0/s1. The molecule has 0 aromatic carbocycles. The van der Waals surface area contributed by atoms with E-state index in [-0.39, 0.29) is 23.1 Å². The van der Waals surface area contributed by atoms with Crippen LogP contribution in [-0.2, 0) is 24.3 Å². The highest BCUT2D eigenvalue weighted by atomic mass is 32.2. The summed E-state index contributed by atoms with van der Waals surface area (Å²) >= 11 is 0. The number of carbonyl (C=O) groups excluding carboxylic acids is 1. The van der Waals surface area contributed by atoms with Crippen LogP contribution in [0.3, 0.4) is 0 Å². The number of hydrogen-bond acceptors (Lipinski definition) is 5. The molecule has 24 heavy (non-hydrogen) atoms. The Bertz CT molecular complexity index is 600. The summed E-state index contributed by atoms with van der Waals surface area (Å²) < 4.78 is 38.6. The zero-order chi connectivity index (χ0) is 16.9. The lowest BCUT2D eigenvalue weighted by atomic mass is 10.0. The highest BCUT2D eigenvalue weighted by molar-refractivity contribution is 7.89. The average molecular weight is 358 g/mol. The van der Waals surface area contributed by atoms with Crippen molar-refractivity contribution >= 4 is 15.9 Å². The van der Waals surface area contributed by atoms with E-state index < -0.39 is 16.1 Å². The largest absolute Gasteiger partial charge is 0.381 e. The van der Waals surface area contributed by atoms with Crippen LogP contribution in [0.1, 0.15) is 25.7 Å². The summed E-state index contributed by atoms with van der Waals surface area (Å²) in [5.41, 5.74) is 0. The molecule has 0 N–H and O–H groups in total.